The molecule has 0 aliphatic carbocycles. The maximum absolute atomic E-state index is 8.78. The Bertz CT molecular complexity index is 634. The van der Waals surface area contributed by atoms with Gasteiger partial charge in [0.25, 0.3) is 0 Å². The van der Waals surface area contributed by atoms with Crippen molar-refractivity contribution in [3.05, 3.63) is 48.6 Å². The average molecular weight is 588 g/mol. The Hall–Kier alpha value is -1.69. The Morgan fingerprint density at radius 2 is 0.905 bits per heavy atom. The van der Waals surface area contributed by atoms with E-state index in [4.69, 9.17) is 15.3 Å². The third-order valence-electron chi connectivity index (χ3n) is 7.35. The molecule has 0 aromatic rings. The Labute approximate surface area is 261 Å². The normalized spacial score (nSPS) is 12.2. The third kappa shape index (κ3) is 34.5. The van der Waals surface area contributed by atoms with E-state index in [1.807, 2.05) is 0 Å². The highest BCUT2D eigenvalue weighted by molar-refractivity contribution is 5.84. The lowest BCUT2D eigenvalue weighted by Crippen LogP contribution is -2.24. The summed E-state index contributed by atoms with van der Waals surface area (Å²) in [4.78, 5) is 2.20. The van der Waals surface area contributed by atoms with Gasteiger partial charge in [-0.25, -0.2) is 0 Å². The van der Waals surface area contributed by atoms with Gasteiger partial charge in [0, 0.05) is 32.0 Å². The van der Waals surface area contributed by atoms with Crippen LogP contribution in [0.2, 0.25) is 0 Å². The van der Waals surface area contributed by atoms with Gasteiger partial charge in [0.2, 0.25) is 0 Å². The molecule has 0 saturated heterocycles. The molecule has 0 rings (SSSR count). The van der Waals surface area contributed by atoms with Crippen molar-refractivity contribution in [2.24, 2.45) is 5.10 Å². The van der Waals surface area contributed by atoms with Gasteiger partial charge in [-0.3, -0.25) is 0 Å². The fourth-order valence-corrected chi connectivity index (χ4v) is 4.71. The summed E-state index contributed by atoms with van der Waals surface area (Å²) in [6.07, 6.45) is 44.2. The molecular formula is C37H69N3O2. The minimum absolute atomic E-state index is 0.288. The lowest BCUT2D eigenvalue weighted by molar-refractivity contribution is 0.289. The SMILES string of the molecule is CN(C)CCNN=C(CCCCCCCC/C=C\C/C=C\CCCO)CCCCCCCC/C=C\C/C=C\CCCO. The summed E-state index contributed by atoms with van der Waals surface area (Å²) < 4.78 is 0. The van der Waals surface area contributed by atoms with Crippen molar-refractivity contribution in [1.82, 2.24) is 10.3 Å². The van der Waals surface area contributed by atoms with Gasteiger partial charge >= 0.3 is 0 Å². The molecule has 0 saturated carbocycles. The third-order valence-corrected chi connectivity index (χ3v) is 7.35. The number of hydrazone groups is 1. The van der Waals surface area contributed by atoms with E-state index in [9.17, 15) is 0 Å². The van der Waals surface area contributed by atoms with Gasteiger partial charge in [-0.1, -0.05) is 100.0 Å². The van der Waals surface area contributed by atoms with Gasteiger partial charge < -0.3 is 20.5 Å². The summed E-state index contributed by atoms with van der Waals surface area (Å²) >= 11 is 0. The van der Waals surface area contributed by atoms with Crippen LogP contribution in [0.3, 0.4) is 0 Å². The molecule has 5 heteroatoms. The van der Waals surface area contributed by atoms with Gasteiger partial charge in [-0.15, -0.1) is 0 Å². The molecule has 42 heavy (non-hydrogen) atoms. The zero-order chi connectivity index (χ0) is 30.6. The van der Waals surface area contributed by atoms with Crippen molar-refractivity contribution in [3.63, 3.8) is 0 Å². The van der Waals surface area contributed by atoms with Gasteiger partial charge in [0.1, 0.15) is 0 Å². The summed E-state index contributed by atoms with van der Waals surface area (Å²) in [5.41, 5.74) is 4.70. The van der Waals surface area contributed by atoms with Crippen LogP contribution in [0.15, 0.2) is 53.7 Å². The Morgan fingerprint density at radius 3 is 1.31 bits per heavy atom. The smallest absolute Gasteiger partial charge is 0.0456 e. The van der Waals surface area contributed by atoms with E-state index >= 15 is 0 Å². The van der Waals surface area contributed by atoms with Gasteiger partial charge in [-0.05, 0) is 104 Å². The monoisotopic (exact) mass is 588 g/mol. The molecule has 0 aromatic carbocycles. The van der Waals surface area contributed by atoms with Crippen molar-refractivity contribution >= 4 is 5.71 Å². The first-order valence-electron chi connectivity index (χ1n) is 17.5. The van der Waals surface area contributed by atoms with Crippen LogP contribution in [0, 0.1) is 0 Å². The molecule has 0 aliphatic rings. The Balaban J connectivity index is 3.90. The van der Waals surface area contributed by atoms with Crippen LogP contribution in [0.25, 0.3) is 0 Å². The zero-order valence-corrected chi connectivity index (χ0v) is 27.8. The predicted molar refractivity (Wildman–Crippen MR) is 186 cm³/mol. The molecule has 3 N–H and O–H groups in total. The number of hydrogen-bond donors (Lipinski definition) is 3. The van der Waals surface area contributed by atoms with Crippen LogP contribution in [0.5, 0.6) is 0 Å². The average Bonchev–Trinajstić information content (AvgIpc) is 2.98. The second kappa shape index (κ2) is 35.5. The second-order valence-electron chi connectivity index (χ2n) is 11.8. The molecule has 0 atom stereocenters. The van der Waals surface area contributed by atoms with Gasteiger partial charge in [0.15, 0.2) is 0 Å². The summed E-state index contributed by atoms with van der Waals surface area (Å²) in [7, 11) is 4.22. The number of aliphatic hydroxyl groups is 2. The van der Waals surface area contributed by atoms with Crippen molar-refractivity contribution < 1.29 is 10.2 Å². The number of nitrogens with one attached hydrogen (secondary N) is 1. The quantitative estimate of drug-likeness (QED) is 0.0317. The summed E-state index contributed by atoms with van der Waals surface area (Å²) in [5.74, 6) is 0. The van der Waals surface area contributed by atoms with Crippen molar-refractivity contribution in [3.8, 4) is 0 Å². The maximum atomic E-state index is 8.78. The van der Waals surface area contributed by atoms with Crippen molar-refractivity contribution in [1.29, 1.82) is 0 Å². The lowest BCUT2D eigenvalue weighted by Gasteiger charge is -2.11. The van der Waals surface area contributed by atoms with E-state index in [0.717, 1.165) is 64.5 Å². The summed E-state index contributed by atoms with van der Waals surface area (Å²) in [5, 5.41) is 22.4. The van der Waals surface area contributed by atoms with E-state index in [0.29, 0.717) is 0 Å². The Morgan fingerprint density at radius 1 is 0.524 bits per heavy atom. The molecule has 0 spiro atoms. The number of likely N-dealkylation sites (N-methyl/N-ethyl adjacent to an activating group) is 1. The number of nitrogens with zero attached hydrogens (tertiary/aromatic N) is 2. The van der Waals surface area contributed by atoms with Crippen LogP contribution in [0.4, 0.5) is 0 Å². The van der Waals surface area contributed by atoms with Crippen molar-refractivity contribution in [2.45, 2.75) is 141 Å². The number of hydrogen-bond acceptors (Lipinski definition) is 5. The van der Waals surface area contributed by atoms with Crippen LogP contribution in [0.1, 0.15) is 141 Å². The van der Waals surface area contributed by atoms with Gasteiger partial charge in [-0.2, -0.15) is 5.10 Å². The Kier molecular flexibility index (Phi) is 34.1. The maximum Gasteiger partial charge on any atom is 0.0456 e. The first-order valence-corrected chi connectivity index (χ1v) is 17.5. The molecule has 5 nitrogen and oxygen atoms in total. The highest BCUT2D eigenvalue weighted by Gasteiger charge is 2.02. The minimum atomic E-state index is 0.288. The lowest BCUT2D eigenvalue weighted by atomic mass is 10.0. The second-order valence-corrected chi connectivity index (χ2v) is 11.8. The fraction of sp³-hybridized carbons (Fsp3) is 0.757. The molecule has 0 amide bonds. The standard InChI is InChI=1S/C37H69N3O2/c1-40(2)34-33-38-39-37(31-27-23-19-15-11-7-3-5-9-13-17-21-25-29-35-41)32-28-24-20-16-12-8-4-6-10-14-18-22-26-30-36-42/h5-6,9-10,17-18,21-22,38,41-42H,3-4,7-8,11-16,19-20,23-36H2,1-2H3/b9-5-,10-6-,21-17-,22-18-. The zero-order valence-electron chi connectivity index (χ0n) is 27.8. The van der Waals surface area contributed by atoms with Crippen molar-refractivity contribution in [2.75, 3.05) is 40.4 Å². The first-order chi connectivity index (χ1) is 20.7. The largest absolute Gasteiger partial charge is 0.396 e. The minimum Gasteiger partial charge on any atom is -0.396 e. The van der Waals surface area contributed by atoms with Crippen LogP contribution < -0.4 is 5.43 Å². The summed E-state index contributed by atoms with van der Waals surface area (Å²) in [6, 6.07) is 0. The summed E-state index contributed by atoms with van der Waals surface area (Å²) in [6.45, 7) is 2.51. The highest BCUT2D eigenvalue weighted by atomic mass is 16.3. The van der Waals surface area contributed by atoms with Crippen LogP contribution in [-0.4, -0.2) is 61.2 Å². The molecule has 0 aromatic heterocycles. The van der Waals surface area contributed by atoms with Crippen LogP contribution >= 0.6 is 0 Å². The number of aliphatic hydroxyl groups excluding tert-OH is 2. The molecule has 0 unspecified atom stereocenters. The van der Waals surface area contributed by atoms with E-state index in [1.165, 1.54) is 95.6 Å². The molecule has 0 radical (unpaired) electrons. The molecular weight excluding hydrogens is 518 g/mol. The molecule has 0 heterocycles. The molecule has 0 fully saturated rings. The molecule has 0 aliphatic heterocycles. The fourth-order valence-electron chi connectivity index (χ4n) is 4.71. The van der Waals surface area contributed by atoms with E-state index < -0.39 is 0 Å². The topological polar surface area (TPSA) is 68.1 Å². The number of allylic oxidation sites excluding steroid dienone is 8. The first kappa shape index (κ1) is 40.3. The molecule has 244 valence electrons. The van der Waals surface area contributed by atoms with E-state index in [1.54, 1.807) is 0 Å². The van der Waals surface area contributed by atoms with E-state index in [2.05, 4.69) is 73.0 Å². The molecule has 0 bridgehead atoms. The highest BCUT2D eigenvalue weighted by Crippen LogP contribution is 2.14. The predicted octanol–water partition coefficient (Wildman–Crippen LogP) is 9.29. The number of rotatable bonds is 32. The van der Waals surface area contributed by atoms with E-state index in [-0.39, 0.29) is 13.2 Å². The van der Waals surface area contributed by atoms with Gasteiger partial charge in [0.05, 0.1) is 0 Å². The van der Waals surface area contributed by atoms with Crippen LogP contribution in [-0.2, 0) is 0 Å². The number of unbranched alkanes of at least 4 members (excludes halogenated alkanes) is 14.